The van der Waals surface area contributed by atoms with Gasteiger partial charge in [0.1, 0.15) is 11.8 Å². The highest BCUT2D eigenvalue weighted by molar-refractivity contribution is 6.29. The molecule has 0 atom stereocenters. The lowest BCUT2D eigenvalue weighted by Crippen LogP contribution is -2.22. The maximum Gasteiger partial charge on any atom is 0.333 e. The number of aromatic nitrogens is 1. The maximum atomic E-state index is 11.0. The lowest BCUT2D eigenvalue weighted by molar-refractivity contribution is -0.136. The number of pyridine rings is 1. The van der Waals surface area contributed by atoms with Crippen LogP contribution in [0.4, 0.5) is 0 Å². The summed E-state index contributed by atoms with van der Waals surface area (Å²) in [6.07, 6.45) is 3.07. The average molecular weight is 255 g/mol. The van der Waals surface area contributed by atoms with E-state index in [1.54, 1.807) is 17.3 Å². The van der Waals surface area contributed by atoms with Crippen LogP contribution in [0.25, 0.3) is 0 Å². The Hall–Kier alpha value is -1.59. The molecule has 2 rings (SSSR count). The monoisotopic (exact) mass is 254 g/mol. The van der Waals surface area contributed by atoms with Crippen molar-refractivity contribution in [1.29, 1.82) is 0 Å². The first-order valence-corrected chi connectivity index (χ1v) is 5.36. The van der Waals surface area contributed by atoms with E-state index in [2.05, 4.69) is 4.98 Å². The van der Waals surface area contributed by atoms with Crippen LogP contribution in [-0.4, -0.2) is 29.7 Å². The molecule has 17 heavy (non-hydrogen) atoms. The number of cyclic esters (lactones) is 1. The summed E-state index contributed by atoms with van der Waals surface area (Å²) in [6.45, 7) is 0.705. The van der Waals surface area contributed by atoms with Gasteiger partial charge in [0.2, 0.25) is 0 Å². The minimum atomic E-state index is -0.351. The van der Waals surface area contributed by atoms with Gasteiger partial charge in [0.25, 0.3) is 0 Å². The zero-order valence-electron chi connectivity index (χ0n) is 9.22. The van der Waals surface area contributed by atoms with Crippen molar-refractivity contribution in [3.63, 3.8) is 0 Å². The highest BCUT2D eigenvalue weighted by atomic mass is 35.5. The third kappa shape index (κ3) is 2.95. The van der Waals surface area contributed by atoms with Crippen LogP contribution in [0.3, 0.4) is 0 Å². The second-order valence-corrected chi connectivity index (χ2v) is 3.84. The van der Waals surface area contributed by atoms with Crippen LogP contribution in [0.5, 0.6) is 0 Å². The van der Waals surface area contributed by atoms with Gasteiger partial charge in [-0.25, -0.2) is 9.78 Å². The largest absolute Gasteiger partial charge is 0.456 e. The zero-order valence-corrected chi connectivity index (χ0v) is 9.98. The van der Waals surface area contributed by atoms with Crippen molar-refractivity contribution in [3.8, 4) is 0 Å². The van der Waals surface area contributed by atoms with Crippen molar-refractivity contribution in [2.45, 2.75) is 6.54 Å². The van der Waals surface area contributed by atoms with Crippen LogP contribution in [0.15, 0.2) is 30.1 Å². The Bertz CT molecular complexity index is 445. The van der Waals surface area contributed by atoms with Gasteiger partial charge in [-0.1, -0.05) is 17.7 Å². The maximum absolute atomic E-state index is 11.0. The van der Waals surface area contributed by atoms with Gasteiger partial charge < -0.3 is 4.74 Å². The van der Waals surface area contributed by atoms with Crippen molar-refractivity contribution < 1.29 is 14.4 Å². The molecule has 1 aliphatic heterocycles. The summed E-state index contributed by atoms with van der Waals surface area (Å²) in [5.74, 6) is -0.351. The number of hydrogen-bond donors (Lipinski definition) is 0. The molecule has 90 valence electrons. The molecule has 0 saturated heterocycles. The third-order valence-electron chi connectivity index (χ3n) is 2.30. The number of carbonyl (C=O) groups is 1. The number of nitrogens with zero attached hydrogens (tertiary/aromatic N) is 2. The molecular formula is C11H11ClN2O3. The van der Waals surface area contributed by atoms with Crippen LogP contribution in [0.1, 0.15) is 5.56 Å². The third-order valence-corrected chi connectivity index (χ3v) is 2.53. The summed E-state index contributed by atoms with van der Waals surface area (Å²) < 4.78 is 4.82. The van der Waals surface area contributed by atoms with Crippen LogP contribution in [-0.2, 0) is 20.9 Å². The molecule has 5 nitrogen and oxygen atoms in total. The molecule has 0 fully saturated rings. The Kier molecular flexibility index (Phi) is 3.61. The second-order valence-electron chi connectivity index (χ2n) is 3.45. The highest BCUT2D eigenvalue weighted by Crippen LogP contribution is 2.16. The summed E-state index contributed by atoms with van der Waals surface area (Å²) in [6, 6.07) is 3.55. The molecule has 0 bridgehead atoms. The fraction of sp³-hybridized carbons (Fsp3) is 0.273. The fourth-order valence-corrected chi connectivity index (χ4v) is 1.57. The van der Waals surface area contributed by atoms with E-state index in [0.717, 1.165) is 5.56 Å². The van der Waals surface area contributed by atoms with E-state index in [1.165, 1.54) is 13.2 Å². The first-order chi connectivity index (χ1) is 8.19. The van der Waals surface area contributed by atoms with E-state index >= 15 is 0 Å². The van der Waals surface area contributed by atoms with Gasteiger partial charge in [-0.3, -0.25) is 9.90 Å². The predicted octanol–water partition coefficient (Wildman–Crippen LogP) is 1.54. The molecule has 0 saturated carbocycles. The Morgan fingerprint density at radius 3 is 2.94 bits per heavy atom. The van der Waals surface area contributed by atoms with Gasteiger partial charge in [0, 0.05) is 12.3 Å². The van der Waals surface area contributed by atoms with Gasteiger partial charge in [-0.2, -0.15) is 0 Å². The van der Waals surface area contributed by atoms with Crippen LogP contribution < -0.4 is 0 Å². The van der Waals surface area contributed by atoms with Gasteiger partial charge in [-0.05, 0) is 11.6 Å². The lowest BCUT2D eigenvalue weighted by atomic mass is 10.3. The van der Waals surface area contributed by atoms with Gasteiger partial charge in [0.05, 0.1) is 19.4 Å². The van der Waals surface area contributed by atoms with Crippen molar-refractivity contribution in [1.82, 2.24) is 10.0 Å². The SMILES string of the molecule is CON(Cc1ccc(Cl)nc1)C1=CC(=O)OC1. The predicted molar refractivity (Wildman–Crippen MR) is 60.8 cm³/mol. The first-order valence-electron chi connectivity index (χ1n) is 4.98. The molecule has 1 aromatic heterocycles. The van der Waals surface area contributed by atoms with E-state index in [0.29, 0.717) is 17.4 Å². The minimum absolute atomic E-state index is 0.230. The highest BCUT2D eigenvalue weighted by Gasteiger charge is 2.19. The summed E-state index contributed by atoms with van der Waals surface area (Å²) in [7, 11) is 1.53. The van der Waals surface area contributed by atoms with Crippen molar-refractivity contribution in [3.05, 3.63) is 40.8 Å². The minimum Gasteiger partial charge on any atom is -0.456 e. The number of ether oxygens (including phenoxy) is 1. The van der Waals surface area contributed by atoms with Crippen LogP contribution in [0, 0.1) is 0 Å². The first kappa shape index (κ1) is 11.9. The van der Waals surface area contributed by atoms with E-state index in [1.807, 2.05) is 6.07 Å². The van der Waals surface area contributed by atoms with Crippen molar-refractivity contribution in [2.75, 3.05) is 13.7 Å². The summed E-state index contributed by atoms with van der Waals surface area (Å²) in [5.41, 5.74) is 1.61. The van der Waals surface area contributed by atoms with Gasteiger partial charge in [0.15, 0.2) is 0 Å². The Balaban J connectivity index is 2.07. The number of hydroxylamine groups is 2. The van der Waals surface area contributed by atoms with Gasteiger partial charge in [-0.15, -0.1) is 0 Å². The number of esters is 1. The summed E-state index contributed by atoms with van der Waals surface area (Å²) >= 11 is 5.70. The van der Waals surface area contributed by atoms with Crippen molar-refractivity contribution in [2.24, 2.45) is 0 Å². The number of hydrogen-bond acceptors (Lipinski definition) is 5. The average Bonchev–Trinajstić information content (AvgIpc) is 2.75. The molecule has 0 spiro atoms. The summed E-state index contributed by atoms with van der Waals surface area (Å²) in [5, 5.41) is 2.02. The summed E-state index contributed by atoms with van der Waals surface area (Å²) in [4.78, 5) is 20.1. The molecular weight excluding hydrogens is 244 g/mol. The normalized spacial score (nSPS) is 14.5. The molecule has 0 unspecified atom stereocenters. The molecule has 0 aliphatic carbocycles. The Morgan fingerprint density at radius 1 is 1.59 bits per heavy atom. The molecule has 0 radical (unpaired) electrons. The Morgan fingerprint density at radius 2 is 2.41 bits per heavy atom. The van der Waals surface area contributed by atoms with Crippen molar-refractivity contribution >= 4 is 17.6 Å². The number of rotatable bonds is 4. The zero-order chi connectivity index (χ0) is 12.3. The lowest BCUT2D eigenvalue weighted by Gasteiger charge is -2.21. The molecule has 1 aromatic rings. The second kappa shape index (κ2) is 5.16. The molecule has 0 amide bonds. The van der Waals surface area contributed by atoms with E-state index < -0.39 is 0 Å². The van der Waals surface area contributed by atoms with Crippen LogP contribution >= 0.6 is 11.6 Å². The molecule has 0 aromatic carbocycles. The fourth-order valence-electron chi connectivity index (χ4n) is 1.46. The molecule has 6 heteroatoms. The number of halogens is 1. The smallest absolute Gasteiger partial charge is 0.333 e. The standard InChI is InChI=1S/C11H11ClN2O3/c1-16-14(9-4-11(15)17-7-9)6-8-2-3-10(12)13-5-8/h2-5H,6-7H2,1H3. The van der Waals surface area contributed by atoms with E-state index in [-0.39, 0.29) is 12.6 Å². The quantitative estimate of drug-likeness (QED) is 0.463. The molecule has 2 heterocycles. The van der Waals surface area contributed by atoms with E-state index in [4.69, 9.17) is 21.2 Å². The molecule has 1 aliphatic rings. The Labute approximate surface area is 104 Å². The number of carbonyl (C=O) groups excluding carboxylic acids is 1. The molecule has 0 N–H and O–H groups in total. The van der Waals surface area contributed by atoms with Gasteiger partial charge >= 0.3 is 5.97 Å². The van der Waals surface area contributed by atoms with E-state index in [9.17, 15) is 4.79 Å². The van der Waals surface area contributed by atoms with Crippen LogP contribution in [0.2, 0.25) is 5.15 Å². The topological polar surface area (TPSA) is 51.7 Å².